The van der Waals surface area contributed by atoms with Crippen molar-refractivity contribution in [1.29, 1.82) is 0 Å². The van der Waals surface area contributed by atoms with Crippen LogP contribution in [0.1, 0.15) is 12.8 Å². The molecule has 0 fully saturated rings. The average Bonchev–Trinajstić information content (AvgIpc) is 2.02. The molecule has 1 rings (SSSR count). The topological polar surface area (TPSA) is 40.5 Å². The summed E-state index contributed by atoms with van der Waals surface area (Å²) in [6.45, 7) is 0. The van der Waals surface area contributed by atoms with Crippen molar-refractivity contribution in [2.24, 2.45) is 0 Å². The quantitative estimate of drug-likeness (QED) is 0.750. The summed E-state index contributed by atoms with van der Waals surface area (Å²) in [6.07, 6.45) is 3.98. The van der Waals surface area contributed by atoms with E-state index in [0.717, 1.165) is 0 Å². The molecule has 1 aliphatic carbocycles. The highest BCUT2D eigenvalue weighted by molar-refractivity contribution is 5.77. The van der Waals surface area contributed by atoms with E-state index in [1.165, 1.54) is 12.2 Å². The fourth-order valence-corrected chi connectivity index (χ4v) is 1.61. The average molecular weight is 199 g/mol. The first-order valence-electron chi connectivity index (χ1n) is 4.47. The molecular formula is C10H14FNO2. The standard InChI is InChI=1S/C10H14FNO2/c1-12(2)9(10(13)14)7-4-3-5-8(11)6-7/h5-6,9H,3-4H2,1-2H3,(H,13,14). The van der Waals surface area contributed by atoms with Crippen molar-refractivity contribution in [1.82, 2.24) is 4.90 Å². The third-order valence-electron chi connectivity index (χ3n) is 2.20. The van der Waals surface area contributed by atoms with Gasteiger partial charge in [0.1, 0.15) is 11.9 Å². The number of carboxylic acids is 1. The molecule has 1 N–H and O–H groups in total. The van der Waals surface area contributed by atoms with Gasteiger partial charge in [0.15, 0.2) is 0 Å². The van der Waals surface area contributed by atoms with Gasteiger partial charge in [0.25, 0.3) is 0 Å². The molecule has 3 nitrogen and oxygen atoms in total. The molecule has 14 heavy (non-hydrogen) atoms. The van der Waals surface area contributed by atoms with Crippen LogP contribution in [-0.2, 0) is 4.79 Å². The van der Waals surface area contributed by atoms with Gasteiger partial charge in [-0.25, -0.2) is 4.39 Å². The van der Waals surface area contributed by atoms with Crippen LogP contribution in [0.25, 0.3) is 0 Å². The van der Waals surface area contributed by atoms with Crippen LogP contribution in [0.4, 0.5) is 4.39 Å². The first-order chi connectivity index (χ1) is 6.52. The third-order valence-corrected chi connectivity index (χ3v) is 2.20. The Balaban J connectivity index is 2.89. The fourth-order valence-electron chi connectivity index (χ4n) is 1.61. The van der Waals surface area contributed by atoms with Gasteiger partial charge in [-0.1, -0.05) is 0 Å². The molecule has 0 aromatic heterocycles. The van der Waals surface area contributed by atoms with Gasteiger partial charge in [-0.2, -0.15) is 0 Å². The summed E-state index contributed by atoms with van der Waals surface area (Å²) in [5.41, 5.74) is 0.627. The van der Waals surface area contributed by atoms with Crippen LogP contribution in [0.3, 0.4) is 0 Å². The number of carboxylic acid groups (broad SMARTS) is 1. The Hall–Kier alpha value is -1.16. The van der Waals surface area contributed by atoms with Gasteiger partial charge in [-0.15, -0.1) is 0 Å². The molecule has 0 aromatic carbocycles. The van der Waals surface area contributed by atoms with Gasteiger partial charge in [0.05, 0.1) is 0 Å². The Kier molecular flexibility index (Phi) is 3.41. The van der Waals surface area contributed by atoms with Gasteiger partial charge in [-0.3, -0.25) is 9.69 Å². The van der Waals surface area contributed by atoms with Crippen LogP contribution >= 0.6 is 0 Å². The number of nitrogens with zero attached hydrogens (tertiary/aromatic N) is 1. The lowest BCUT2D eigenvalue weighted by Crippen LogP contribution is -2.37. The van der Waals surface area contributed by atoms with Crippen LogP contribution in [0, 0.1) is 0 Å². The Bertz CT molecular complexity index is 294. The van der Waals surface area contributed by atoms with Crippen LogP contribution in [0.5, 0.6) is 0 Å². The molecule has 0 radical (unpaired) electrons. The fraction of sp³-hybridized carbons (Fsp3) is 0.500. The van der Waals surface area contributed by atoms with E-state index in [-0.39, 0.29) is 5.83 Å². The number of hydrogen-bond acceptors (Lipinski definition) is 2. The van der Waals surface area contributed by atoms with Crippen molar-refractivity contribution >= 4 is 5.97 Å². The summed E-state index contributed by atoms with van der Waals surface area (Å²) < 4.78 is 12.9. The number of allylic oxidation sites excluding steroid dienone is 3. The van der Waals surface area contributed by atoms with E-state index >= 15 is 0 Å². The van der Waals surface area contributed by atoms with E-state index < -0.39 is 12.0 Å². The first kappa shape index (κ1) is 10.9. The summed E-state index contributed by atoms with van der Waals surface area (Å²) in [4.78, 5) is 12.5. The Morgan fingerprint density at radius 2 is 2.29 bits per heavy atom. The minimum atomic E-state index is -0.934. The van der Waals surface area contributed by atoms with Crippen molar-refractivity contribution in [3.8, 4) is 0 Å². The molecule has 0 aliphatic heterocycles. The summed E-state index contributed by atoms with van der Waals surface area (Å²) in [6, 6.07) is -0.713. The SMILES string of the molecule is CN(C)C(C(=O)O)C1=CC(F)=CCC1. The number of likely N-dealkylation sites (N-methyl/N-ethyl adjacent to an activating group) is 1. The lowest BCUT2D eigenvalue weighted by molar-refractivity contribution is -0.140. The number of carbonyl (C=O) groups is 1. The Labute approximate surface area is 82.5 Å². The zero-order valence-electron chi connectivity index (χ0n) is 8.33. The number of aliphatic carboxylic acids is 1. The summed E-state index contributed by atoms with van der Waals surface area (Å²) in [5, 5.41) is 8.96. The van der Waals surface area contributed by atoms with Gasteiger partial charge in [-0.05, 0) is 44.7 Å². The summed E-state index contributed by atoms with van der Waals surface area (Å²) >= 11 is 0. The highest BCUT2D eigenvalue weighted by Gasteiger charge is 2.25. The van der Waals surface area contributed by atoms with Gasteiger partial charge < -0.3 is 5.11 Å². The van der Waals surface area contributed by atoms with E-state index in [2.05, 4.69) is 0 Å². The van der Waals surface area contributed by atoms with E-state index in [1.54, 1.807) is 19.0 Å². The number of halogens is 1. The predicted molar refractivity (Wildman–Crippen MR) is 51.6 cm³/mol. The lowest BCUT2D eigenvalue weighted by Gasteiger charge is -2.24. The molecule has 0 heterocycles. The molecule has 1 unspecified atom stereocenters. The zero-order chi connectivity index (χ0) is 10.7. The monoisotopic (exact) mass is 199 g/mol. The van der Waals surface area contributed by atoms with Crippen molar-refractivity contribution in [3.63, 3.8) is 0 Å². The maximum atomic E-state index is 12.9. The van der Waals surface area contributed by atoms with Crippen LogP contribution < -0.4 is 0 Å². The number of rotatable bonds is 3. The Morgan fingerprint density at radius 3 is 2.71 bits per heavy atom. The van der Waals surface area contributed by atoms with Gasteiger partial charge in [0, 0.05) is 0 Å². The minimum Gasteiger partial charge on any atom is -0.480 e. The van der Waals surface area contributed by atoms with Gasteiger partial charge >= 0.3 is 5.97 Å². The van der Waals surface area contributed by atoms with Crippen molar-refractivity contribution < 1.29 is 14.3 Å². The van der Waals surface area contributed by atoms with Crippen molar-refractivity contribution in [3.05, 3.63) is 23.6 Å². The van der Waals surface area contributed by atoms with E-state index in [1.807, 2.05) is 0 Å². The highest BCUT2D eigenvalue weighted by Crippen LogP contribution is 2.22. The second-order valence-electron chi connectivity index (χ2n) is 3.55. The Morgan fingerprint density at radius 1 is 1.64 bits per heavy atom. The summed E-state index contributed by atoms with van der Waals surface area (Å²) in [7, 11) is 3.35. The number of hydrogen-bond donors (Lipinski definition) is 1. The largest absolute Gasteiger partial charge is 0.480 e. The molecule has 0 spiro atoms. The molecule has 78 valence electrons. The maximum Gasteiger partial charge on any atom is 0.325 e. The van der Waals surface area contributed by atoms with E-state index in [4.69, 9.17) is 5.11 Å². The normalized spacial score (nSPS) is 18.9. The highest BCUT2D eigenvalue weighted by atomic mass is 19.1. The first-order valence-corrected chi connectivity index (χ1v) is 4.47. The zero-order valence-corrected chi connectivity index (χ0v) is 8.33. The predicted octanol–water partition coefficient (Wildman–Crippen LogP) is 1.57. The second kappa shape index (κ2) is 4.37. The third kappa shape index (κ3) is 2.42. The second-order valence-corrected chi connectivity index (χ2v) is 3.55. The molecule has 0 saturated heterocycles. The lowest BCUT2D eigenvalue weighted by atomic mass is 9.97. The maximum absolute atomic E-state index is 12.9. The van der Waals surface area contributed by atoms with Crippen LogP contribution in [-0.4, -0.2) is 36.1 Å². The van der Waals surface area contributed by atoms with Crippen molar-refractivity contribution in [2.75, 3.05) is 14.1 Å². The minimum absolute atomic E-state index is 0.334. The molecule has 0 bridgehead atoms. The van der Waals surface area contributed by atoms with Crippen molar-refractivity contribution in [2.45, 2.75) is 18.9 Å². The molecule has 4 heteroatoms. The molecule has 0 aromatic rings. The smallest absolute Gasteiger partial charge is 0.325 e. The molecule has 1 aliphatic rings. The molecule has 0 amide bonds. The van der Waals surface area contributed by atoms with Crippen LogP contribution in [0.2, 0.25) is 0 Å². The summed E-state index contributed by atoms with van der Waals surface area (Å²) in [5.74, 6) is -1.27. The molecular weight excluding hydrogens is 185 g/mol. The van der Waals surface area contributed by atoms with E-state index in [0.29, 0.717) is 18.4 Å². The molecule has 0 saturated carbocycles. The molecule has 1 atom stereocenters. The van der Waals surface area contributed by atoms with E-state index in [9.17, 15) is 9.18 Å². The van der Waals surface area contributed by atoms with Crippen LogP contribution in [0.15, 0.2) is 23.6 Å². The van der Waals surface area contributed by atoms with Gasteiger partial charge in [0.2, 0.25) is 0 Å².